The Morgan fingerprint density at radius 3 is 2.46 bits per heavy atom. The zero-order valence-corrected chi connectivity index (χ0v) is 15.2. The van der Waals surface area contributed by atoms with E-state index in [4.69, 9.17) is 5.73 Å². The average Bonchev–Trinajstić information content (AvgIpc) is 2.61. The second-order valence-electron chi connectivity index (χ2n) is 6.65. The maximum absolute atomic E-state index is 13.0. The topological polar surface area (TPSA) is 77.1 Å². The number of benzene rings is 1. The molecule has 0 unspecified atom stereocenters. The highest BCUT2D eigenvalue weighted by Crippen LogP contribution is 2.26. The summed E-state index contributed by atoms with van der Waals surface area (Å²) >= 11 is 0. The second kappa shape index (κ2) is 8.47. The van der Waals surface area contributed by atoms with Crippen molar-refractivity contribution in [3.8, 4) is 0 Å². The van der Waals surface area contributed by atoms with Crippen LogP contribution < -0.4 is 16.6 Å². The first kappa shape index (κ1) is 20.1. The van der Waals surface area contributed by atoms with Gasteiger partial charge in [-0.2, -0.15) is 0 Å². The molecule has 3 N–H and O–H groups in total. The Balaban J connectivity index is 0.00000243. The number of rotatable bonds is 4. The van der Waals surface area contributed by atoms with E-state index in [2.05, 4.69) is 5.32 Å². The molecule has 0 bridgehead atoms. The quantitative estimate of drug-likeness (QED) is 0.857. The molecule has 2 aromatic rings. The van der Waals surface area contributed by atoms with Crippen molar-refractivity contribution >= 4 is 24.0 Å². The van der Waals surface area contributed by atoms with Crippen LogP contribution >= 0.6 is 12.4 Å². The van der Waals surface area contributed by atoms with E-state index in [9.17, 15) is 14.0 Å². The van der Waals surface area contributed by atoms with E-state index in [1.54, 1.807) is 30.5 Å². The molecule has 0 atom stereocenters. The molecule has 1 heterocycles. The van der Waals surface area contributed by atoms with Crippen LogP contribution in [0.1, 0.15) is 37.7 Å². The summed E-state index contributed by atoms with van der Waals surface area (Å²) in [7, 11) is 0. The lowest BCUT2D eigenvalue weighted by molar-refractivity contribution is -0.122. The molecule has 26 heavy (non-hydrogen) atoms. The van der Waals surface area contributed by atoms with Crippen molar-refractivity contribution < 1.29 is 9.18 Å². The van der Waals surface area contributed by atoms with Crippen LogP contribution in [0.5, 0.6) is 0 Å². The van der Waals surface area contributed by atoms with Gasteiger partial charge in [0.15, 0.2) is 0 Å². The van der Waals surface area contributed by atoms with Gasteiger partial charge in [-0.05, 0) is 42.7 Å². The largest absolute Gasteiger partial charge is 0.320 e. The molecule has 0 radical (unpaired) electrons. The van der Waals surface area contributed by atoms with E-state index >= 15 is 0 Å². The molecule has 1 aromatic heterocycles. The SMILES string of the molecule is Cl.NC1(C(=O)Nc2cccn(Cc3ccc(F)cc3)c2=O)CCCCC1. The molecule has 0 aliphatic heterocycles. The fourth-order valence-electron chi connectivity index (χ4n) is 3.20. The van der Waals surface area contributed by atoms with Crippen LogP contribution in [-0.4, -0.2) is 16.0 Å². The van der Waals surface area contributed by atoms with Gasteiger partial charge in [0.05, 0.1) is 12.1 Å². The number of halogens is 2. The van der Waals surface area contributed by atoms with E-state index in [0.29, 0.717) is 19.4 Å². The molecule has 3 rings (SSSR count). The van der Waals surface area contributed by atoms with Crippen LogP contribution in [0.25, 0.3) is 0 Å². The maximum atomic E-state index is 13.0. The van der Waals surface area contributed by atoms with Crippen molar-refractivity contribution in [2.24, 2.45) is 5.73 Å². The lowest BCUT2D eigenvalue weighted by Crippen LogP contribution is -2.52. The molecule has 140 valence electrons. The van der Waals surface area contributed by atoms with Crippen molar-refractivity contribution in [3.05, 3.63) is 64.3 Å². The molecule has 1 aromatic carbocycles. The molecule has 1 aliphatic rings. The van der Waals surface area contributed by atoms with Crippen LogP contribution in [-0.2, 0) is 11.3 Å². The van der Waals surface area contributed by atoms with Gasteiger partial charge in [-0.15, -0.1) is 12.4 Å². The molecule has 7 heteroatoms. The van der Waals surface area contributed by atoms with E-state index < -0.39 is 5.54 Å². The molecule has 0 spiro atoms. The number of nitrogens with one attached hydrogen (secondary N) is 1. The van der Waals surface area contributed by atoms with Crippen LogP contribution in [0.15, 0.2) is 47.4 Å². The van der Waals surface area contributed by atoms with Crippen molar-refractivity contribution in [1.82, 2.24) is 4.57 Å². The van der Waals surface area contributed by atoms with Crippen molar-refractivity contribution in [1.29, 1.82) is 0 Å². The van der Waals surface area contributed by atoms with Gasteiger partial charge in [-0.1, -0.05) is 31.4 Å². The second-order valence-corrected chi connectivity index (χ2v) is 6.65. The number of nitrogens with zero attached hydrogens (tertiary/aromatic N) is 1. The van der Waals surface area contributed by atoms with Gasteiger partial charge >= 0.3 is 0 Å². The number of carbonyl (C=O) groups is 1. The summed E-state index contributed by atoms with van der Waals surface area (Å²) in [5, 5.41) is 2.70. The number of pyridine rings is 1. The Morgan fingerprint density at radius 1 is 1.15 bits per heavy atom. The van der Waals surface area contributed by atoms with Gasteiger partial charge in [-0.25, -0.2) is 4.39 Å². The smallest absolute Gasteiger partial charge is 0.274 e. The summed E-state index contributed by atoms with van der Waals surface area (Å²) in [5.41, 5.74) is 6.03. The lowest BCUT2D eigenvalue weighted by atomic mass is 9.82. The number of hydrogen-bond acceptors (Lipinski definition) is 3. The molecule has 0 saturated heterocycles. The molecular weight excluding hydrogens is 357 g/mol. The molecular formula is C19H23ClFN3O2. The number of anilines is 1. The Kier molecular flexibility index (Phi) is 6.56. The Labute approximate surface area is 157 Å². The molecule has 1 fully saturated rings. The normalized spacial score (nSPS) is 15.8. The lowest BCUT2D eigenvalue weighted by Gasteiger charge is -2.31. The summed E-state index contributed by atoms with van der Waals surface area (Å²) in [5.74, 6) is -0.623. The van der Waals surface area contributed by atoms with E-state index in [-0.39, 0.29) is 35.4 Å². The summed E-state index contributed by atoms with van der Waals surface area (Å²) < 4.78 is 14.5. The van der Waals surface area contributed by atoms with Gasteiger partial charge in [0.2, 0.25) is 5.91 Å². The first-order chi connectivity index (χ1) is 12.0. The molecule has 5 nitrogen and oxygen atoms in total. The third-order valence-electron chi connectivity index (χ3n) is 4.73. The zero-order chi connectivity index (χ0) is 17.9. The average molecular weight is 380 g/mol. The predicted molar refractivity (Wildman–Crippen MR) is 102 cm³/mol. The van der Waals surface area contributed by atoms with Crippen molar-refractivity contribution in [2.75, 3.05) is 5.32 Å². The van der Waals surface area contributed by atoms with E-state index in [0.717, 1.165) is 24.8 Å². The Hall–Kier alpha value is -2.18. The Bertz CT molecular complexity index is 814. The number of aromatic nitrogens is 1. The monoisotopic (exact) mass is 379 g/mol. The minimum Gasteiger partial charge on any atom is -0.320 e. The first-order valence-electron chi connectivity index (χ1n) is 8.52. The van der Waals surface area contributed by atoms with E-state index in [1.165, 1.54) is 16.7 Å². The van der Waals surface area contributed by atoms with Gasteiger partial charge < -0.3 is 15.6 Å². The van der Waals surface area contributed by atoms with Crippen LogP contribution in [0, 0.1) is 5.82 Å². The number of nitrogens with two attached hydrogens (primary N) is 1. The standard InChI is InChI=1S/C19H22FN3O2.ClH/c20-15-8-6-14(7-9-15)13-23-12-4-5-16(17(23)24)22-18(25)19(21)10-2-1-3-11-19;/h4-9,12H,1-3,10-11,13,21H2,(H,22,25);1H. The fraction of sp³-hybridized carbons (Fsp3) is 0.368. The van der Waals surface area contributed by atoms with Crippen LogP contribution in [0.3, 0.4) is 0 Å². The highest BCUT2D eigenvalue weighted by molar-refractivity contribution is 5.97. The summed E-state index contributed by atoms with van der Waals surface area (Å²) in [6.07, 6.45) is 5.84. The van der Waals surface area contributed by atoms with Crippen molar-refractivity contribution in [2.45, 2.75) is 44.2 Å². The van der Waals surface area contributed by atoms with E-state index in [1.807, 2.05) is 0 Å². The maximum Gasteiger partial charge on any atom is 0.274 e. The zero-order valence-electron chi connectivity index (χ0n) is 14.4. The van der Waals surface area contributed by atoms with Crippen molar-refractivity contribution in [3.63, 3.8) is 0 Å². The number of amides is 1. The third-order valence-corrected chi connectivity index (χ3v) is 4.73. The Morgan fingerprint density at radius 2 is 1.81 bits per heavy atom. The minimum absolute atomic E-state index is 0. The number of hydrogen-bond donors (Lipinski definition) is 2. The van der Waals surface area contributed by atoms with Gasteiger partial charge in [0.25, 0.3) is 5.56 Å². The highest BCUT2D eigenvalue weighted by atomic mass is 35.5. The molecule has 1 saturated carbocycles. The molecule has 1 amide bonds. The van der Waals surface area contributed by atoms with Crippen LogP contribution in [0.2, 0.25) is 0 Å². The molecule has 1 aliphatic carbocycles. The predicted octanol–water partition coefficient (Wildman–Crippen LogP) is 3.06. The van der Waals surface area contributed by atoms with Gasteiger partial charge in [0.1, 0.15) is 11.5 Å². The summed E-state index contributed by atoms with van der Waals surface area (Å²) in [6, 6.07) is 9.24. The summed E-state index contributed by atoms with van der Waals surface area (Å²) in [6.45, 7) is 0.302. The van der Waals surface area contributed by atoms with Crippen LogP contribution in [0.4, 0.5) is 10.1 Å². The summed E-state index contributed by atoms with van der Waals surface area (Å²) in [4.78, 5) is 25.1. The number of carbonyl (C=O) groups excluding carboxylic acids is 1. The third kappa shape index (κ3) is 4.51. The highest BCUT2D eigenvalue weighted by Gasteiger charge is 2.35. The van der Waals surface area contributed by atoms with Gasteiger partial charge in [-0.3, -0.25) is 9.59 Å². The van der Waals surface area contributed by atoms with Gasteiger partial charge in [0, 0.05) is 6.20 Å². The first-order valence-corrected chi connectivity index (χ1v) is 8.52. The minimum atomic E-state index is -0.900. The fourth-order valence-corrected chi connectivity index (χ4v) is 3.20.